The van der Waals surface area contributed by atoms with Crippen molar-refractivity contribution in [1.29, 1.82) is 0 Å². The van der Waals surface area contributed by atoms with E-state index in [0.717, 1.165) is 31.4 Å². The van der Waals surface area contributed by atoms with E-state index in [2.05, 4.69) is 17.3 Å². The van der Waals surface area contributed by atoms with Crippen molar-refractivity contribution < 1.29 is 4.74 Å². The Morgan fingerprint density at radius 1 is 1.47 bits per heavy atom. The number of nitrogens with two attached hydrogens (primary N) is 1. The number of aromatic nitrogens is 1. The Balaban J connectivity index is 1.79. The van der Waals surface area contributed by atoms with Crippen LogP contribution in [0.15, 0.2) is 5.38 Å². The van der Waals surface area contributed by atoms with Crippen LogP contribution in [-0.4, -0.2) is 17.1 Å². The lowest BCUT2D eigenvalue weighted by molar-refractivity contribution is 0.00273. The van der Waals surface area contributed by atoms with Crippen molar-refractivity contribution in [1.82, 2.24) is 4.98 Å². The van der Waals surface area contributed by atoms with Crippen LogP contribution in [0, 0.1) is 0 Å². The van der Waals surface area contributed by atoms with Gasteiger partial charge in [0.15, 0.2) is 0 Å². The molecule has 4 heteroatoms. The fourth-order valence-corrected chi connectivity index (χ4v) is 3.15. The smallest absolute Gasteiger partial charge is 0.0929 e. The molecule has 2 unspecified atom stereocenters. The molecular formula is C13H22N2OS. The summed E-state index contributed by atoms with van der Waals surface area (Å²) in [5, 5.41) is 3.33. The quantitative estimate of drug-likeness (QED) is 0.879. The molecule has 0 spiro atoms. The molecule has 1 fully saturated rings. The summed E-state index contributed by atoms with van der Waals surface area (Å²) in [6, 6.07) is 0.220. The van der Waals surface area contributed by atoms with E-state index in [1.54, 1.807) is 11.3 Å². The zero-order valence-corrected chi connectivity index (χ0v) is 11.3. The van der Waals surface area contributed by atoms with Gasteiger partial charge >= 0.3 is 0 Å². The van der Waals surface area contributed by atoms with Crippen LogP contribution in [0.5, 0.6) is 0 Å². The maximum atomic E-state index is 6.05. The van der Waals surface area contributed by atoms with E-state index >= 15 is 0 Å². The first-order valence-corrected chi connectivity index (χ1v) is 7.48. The predicted molar refractivity (Wildman–Crippen MR) is 71.1 cm³/mol. The van der Waals surface area contributed by atoms with Crippen molar-refractivity contribution in [3.8, 4) is 0 Å². The Hall–Kier alpha value is -0.450. The van der Waals surface area contributed by atoms with Crippen molar-refractivity contribution in [3.05, 3.63) is 16.1 Å². The summed E-state index contributed by atoms with van der Waals surface area (Å²) in [5.41, 5.74) is 7.12. The first kappa shape index (κ1) is 13.0. The van der Waals surface area contributed by atoms with E-state index in [4.69, 9.17) is 10.5 Å². The van der Waals surface area contributed by atoms with E-state index < -0.39 is 0 Å². The van der Waals surface area contributed by atoms with Gasteiger partial charge in [-0.3, -0.25) is 0 Å². The highest BCUT2D eigenvalue weighted by Gasteiger charge is 2.22. The van der Waals surface area contributed by atoms with E-state index in [1.807, 2.05) is 0 Å². The second-order valence-electron chi connectivity index (χ2n) is 4.78. The first-order valence-electron chi connectivity index (χ1n) is 6.60. The zero-order chi connectivity index (χ0) is 12.1. The molecule has 96 valence electrons. The van der Waals surface area contributed by atoms with Gasteiger partial charge in [0.2, 0.25) is 0 Å². The van der Waals surface area contributed by atoms with Crippen LogP contribution in [0.25, 0.3) is 0 Å². The molecule has 0 aliphatic heterocycles. The highest BCUT2D eigenvalue weighted by Crippen LogP contribution is 2.21. The van der Waals surface area contributed by atoms with Crippen molar-refractivity contribution in [2.45, 2.75) is 64.2 Å². The fourth-order valence-electron chi connectivity index (χ4n) is 2.27. The highest BCUT2D eigenvalue weighted by atomic mass is 32.1. The van der Waals surface area contributed by atoms with Crippen molar-refractivity contribution in [2.24, 2.45) is 5.73 Å². The standard InChI is InChI=1S/C13H22N2OS/c1-2-5-13-15-10(9-17-13)8-16-12-7-4-3-6-11(12)14/h9,11-12H,2-8,14H2,1H3. The Morgan fingerprint density at radius 2 is 2.29 bits per heavy atom. The third-order valence-corrected chi connectivity index (χ3v) is 4.22. The van der Waals surface area contributed by atoms with Gasteiger partial charge in [0.05, 0.1) is 23.4 Å². The topological polar surface area (TPSA) is 48.1 Å². The number of ether oxygens (including phenoxy) is 1. The Morgan fingerprint density at radius 3 is 3.06 bits per heavy atom. The first-order chi connectivity index (χ1) is 8.29. The monoisotopic (exact) mass is 254 g/mol. The number of thiazole rings is 1. The van der Waals surface area contributed by atoms with Gasteiger partial charge in [-0.1, -0.05) is 19.8 Å². The van der Waals surface area contributed by atoms with Gasteiger partial charge in [-0.2, -0.15) is 0 Å². The summed E-state index contributed by atoms with van der Waals surface area (Å²) in [7, 11) is 0. The number of rotatable bonds is 5. The van der Waals surface area contributed by atoms with Gasteiger partial charge in [-0.15, -0.1) is 11.3 Å². The summed E-state index contributed by atoms with van der Waals surface area (Å²) in [5.74, 6) is 0. The van der Waals surface area contributed by atoms with E-state index in [-0.39, 0.29) is 12.1 Å². The molecule has 3 nitrogen and oxygen atoms in total. The van der Waals surface area contributed by atoms with Crippen LogP contribution in [0.4, 0.5) is 0 Å². The second-order valence-corrected chi connectivity index (χ2v) is 5.72. The summed E-state index contributed by atoms with van der Waals surface area (Å²) >= 11 is 1.74. The van der Waals surface area contributed by atoms with Crippen LogP contribution >= 0.6 is 11.3 Å². The maximum absolute atomic E-state index is 6.05. The van der Waals surface area contributed by atoms with E-state index in [0.29, 0.717) is 6.61 Å². The SMILES string of the molecule is CCCc1nc(COC2CCCCC2N)cs1. The second kappa shape index (κ2) is 6.47. The summed E-state index contributed by atoms with van der Waals surface area (Å²) in [6.07, 6.45) is 7.17. The molecular weight excluding hydrogens is 232 g/mol. The predicted octanol–water partition coefficient (Wildman–Crippen LogP) is 2.88. The largest absolute Gasteiger partial charge is 0.370 e. The van der Waals surface area contributed by atoms with Gasteiger partial charge in [0.25, 0.3) is 0 Å². The maximum Gasteiger partial charge on any atom is 0.0929 e. The molecule has 0 radical (unpaired) electrons. The fraction of sp³-hybridized carbons (Fsp3) is 0.769. The average molecular weight is 254 g/mol. The van der Waals surface area contributed by atoms with Gasteiger partial charge < -0.3 is 10.5 Å². The summed E-state index contributed by atoms with van der Waals surface area (Å²) in [4.78, 5) is 4.56. The number of nitrogens with zero attached hydrogens (tertiary/aromatic N) is 1. The lowest BCUT2D eigenvalue weighted by Crippen LogP contribution is -2.39. The molecule has 2 atom stereocenters. The molecule has 1 aromatic heterocycles. The Kier molecular flexibility index (Phi) is 4.95. The highest BCUT2D eigenvalue weighted by molar-refractivity contribution is 7.09. The van der Waals surface area contributed by atoms with Crippen LogP contribution in [-0.2, 0) is 17.8 Å². The van der Waals surface area contributed by atoms with Gasteiger partial charge in [-0.05, 0) is 25.7 Å². The molecule has 1 aliphatic rings. The lowest BCUT2D eigenvalue weighted by atomic mass is 9.93. The Bertz CT molecular complexity index is 340. The molecule has 0 amide bonds. The van der Waals surface area contributed by atoms with Gasteiger partial charge in [-0.25, -0.2) is 4.98 Å². The van der Waals surface area contributed by atoms with Crippen LogP contribution in [0.1, 0.15) is 49.7 Å². The molecule has 2 N–H and O–H groups in total. The van der Waals surface area contributed by atoms with Gasteiger partial charge in [0.1, 0.15) is 0 Å². The van der Waals surface area contributed by atoms with E-state index in [1.165, 1.54) is 17.8 Å². The van der Waals surface area contributed by atoms with E-state index in [9.17, 15) is 0 Å². The molecule has 0 aromatic carbocycles. The number of hydrogen-bond donors (Lipinski definition) is 1. The lowest BCUT2D eigenvalue weighted by Gasteiger charge is -2.28. The minimum Gasteiger partial charge on any atom is -0.370 e. The number of aryl methyl sites for hydroxylation is 1. The molecule has 0 bridgehead atoms. The van der Waals surface area contributed by atoms with Crippen LogP contribution in [0.2, 0.25) is 0 Å². The summed E-state index contributed by atoms with van der Waals surface area (Å²) < 4.78 is 5.89. The minimum absolute atomic E-state index is 0.220. The number of hydrogen-bond acceptors (Lipinski definition) is 4. The van der Waals surface area contributed by atoms with Crippen molar-refractivity contribution in [3.63, 3.8) is 0 Å². The van der Waals surface area contributed by atoms with Gasteiger partial charge in [0, 0.05) is 11.4 Å². The third kappa shape index (κ3) is 3.76. The Labute approximate surface area is 107 Å². The molecule has 1 aromatic rings. The van der Waals surface area contributed by atoms with Crippen LogP contribution < -0.4 is 5.73 Å². The molecule has 1 heterocycles. The summed E-state index contributed by atoms with van der Waals surface area (Å²) in [6.45, 7) is 2.80. The molecule has 1 aliphatic carbocycles. The molecule has 1 saturated carbocycles. The third-order valence-electron chi connectivity index (χ3n) is 3.26. The molecule has 0 saturated heterocycles. The van der Waals surface area contributed by atoms with Crippen molar-refractivity contribution >= 4 is 11.3 Å². The van der Waals surface area contributed by atoms with Crippen LogP contribution in [0.3, 0.4) is 0 Å². The zero-order valence-electron chi connectivity index (χ0n) is 10.5. The minimum atomic E-state index is 0.220. The average Bonchev–Trinajstić information content (AvgIpc) is 2.76. The molecule has 2 rings (SSSR count). The van der Waals surface area contributed by atoms with Crippen molar-refractivity contribution in [2.75, 3.05) is 0 Å². The molecule has 17 heavy (non-hydrogen) atoms. The normalized spacial score (nSPS) is 25.1.